The van der Waals surface area contributed by atoms with Crippen molar-refractivity contribution < 1.29 is 28.6 Å². The number of ketones is 1. The third kappa shape index (κ3) is 2.38. The minimum Gasteiger partial charge on any atom is -0.493 e. The summed E-state index contributed by atoms with van der Waals surface area (Å²) in [6.07, 6.45) is 0. The maximum absolute atomic E-state index is 13.6. The van der Waals surface area contributed by atoms with E-state index in [9.17, 15) is 14.0 Å². The highest BCUT2D eigenvalue weighted by Gasteiger charge is 2.27. The van der Waals surface area contributed by atoms with E-state index >= 15 is 0 Å². The lowest BCUT2D eigenvalue weighted by atomic mass is 10.1. The van der Waals surface area contributed by atoms with Gasteiger partial charge in [0.2, 0.25) is 0 Å². The van der Waals surface area contributed by atoms with Gasteiger partial charge in [-0.3, -0.25) is 4.79 Å². The van der Waals surface area contributed by atoms with E-state index in [2.05, 4.69) is 15.9 Å². The SMILES string of the molecule is COc1cc(F)c(C(=O)C(=O)O)c(Br)c1OC. The Morgan fingerprint density at radius 3 is 2.35 bits per heavy atom. The van der Waals surface area contributed by atoms with Crippen molar-refractivity contribution in [1.82, 2.24) is 0 Å². The molecular weight excluding hydrogens is 299 g/mol. The van der Waals surface area contributed by atoms with Gasteiger partial charge in [0.25, 0.3) is 5.78 Å². The van der Waals surface area contributed by atoms with E-state index in [1.54, 1.807) is 0 Å². The third-order valence-electron chi connectivity index (χ3n) is 1.98. The number of rotatable bonds is 4. The van der Waals surface area contributed by atoms with E-state index in [0.29, 0.717) is 0 Å². The van der Waals surface area contributed by atoms with Crippen LogP contribution < -0.4 is 9.47 Å². The third-order valence-corrected chi connectivity index (χ3v) is 2.74. The number of carbonyl (C=O) groups excluding carboxylic acids is 1. The first-order valence-electron chi connectivity index (χ1n) is 4.31. The minimum atomic E-state index is -1.75. The topological polar surface area (TPSA) is 72.8 Å². The monoisotopic (exact) mass is 306 g/mol. The summed E-state index contributed by atoms with van der Waals surface area (Å²) < 4.78 is 23.2. The molecule has 0 aromatic heterocycles. The van der Waals surface area contributed by atoms with Crippen LogP contribution in [-0.4, -0.2) is 31.1 Å². The van der Waals surface area contributed by atoms with Crippen molar-refractivity contribution >= 4 is 27.7 Å². The summed E-state index contributed by atoms with van der Waals surface area (Å²) in [4.78, 5) is 21.8. The predicted molar refractivity (Wildman–Crippen MR) is 59.2 cm³/mol. The van der Waals surface area contributed by atoms with Gasteiger partial charge in [0, 0.05) is 6.07 Å². The fourth-order valence-corrected chi connectivity index (χ4v) is 1.96. The van der Waals surface area contributed by atoms with Gasteiger partial charge in [-0.2, -0.15) is 0 Å². The zero-order chi connectivity index (χ0) is 13.2. The summed E-state index contributed by atoms with van der Waals surface area (Å²) in [5.41, 5.74) is -0.602. The van der Waals surface area contributed by atoms with Crippen molar-refractivity contribution in [1.29, 1.82) is 0 Å². The maximum atomic E-state index is 13.6. The van der Waals surface area contributed by atoms with Crippen LogP contribution >= 0.6 is 15.9 Å². The molecule has 0 fully saturated rings. The molecule has 1 aromatic rings. The molecule has 92 valence electrons. The zero-order valence-corrected chi connectivity index (χ0v) is 10.5. The molecule has 0 aliphatic carbocycles. The van der Waals surface area contributed by atoms with Crippen LogP contribution in [0.15, 0.2) is 10.5 Å². The fourth-order valence-electron chi connectivity index (χ4n) is 1.24. The van der Waals surface area contributed by atoms with Crippen molar-refractivity contribution in [3.05, 3.63) is 21.9 Å². The predicted octanol–water partition coefficient (Wildman–Crippen LogP) is 1.87. The Kier molecular flexibility index (Phi) is 4.06. The summed E-state index contributed by atoms with van der Waals surface area (Å²) in [5, 5.41) is 8.57. The van der Waals surface area contributed by atoms with E-state index in [4.69, 9.17) is 14.6 Å². The van der Waals surface area contributed by atoms with Crippen molar-refractivity contribution in [2.24, 2.45) is 0 Å². The quantitative estimate of drug-likeness (QED) is 0.679. The Balaban J connectivity index is 3.52. The minimum absolute atomic E-state index is 0.0542. The molecule has 5 nitrogen and oxygen atoms in total. The molecule has 1 aromatic carbocycles. The average molecular weight is 307 g/mol. The Bertz CT molecular complexity index is 486. The maximum Gasteiger partial charge on any atom is 0.377 e. The lowest BCUT2D eigenvalue weighted by Crippen LogP contribution is -2.16. The van der Waals surface area contributed by atoms with Gasteiger partial charge in [-0.15, -0.1) is 0 Å². The van der Waals surface area contributed by atoms with Gasteiger partial charge in [-0.1, -0.05) is 0 Å². The highest BCUT2D eigenvalue weighted by molar-refractivity contribution is 9.10. The molecule has 1 N–H and O–H groups in total. The second-order valence-electron chi connectivity index (χ2n) is 2.92. The number of Topliss-reactive ketones (excluding diaryl/α,β-unsaturated/α-hetero) is 1. The summed E-state index contributed by atoms with van der Waals surface area (Å²) >= 11 is 2.92. The second-order valence-corrected chi connectivity index (χ2v) is 3.71. The summed E-state index contributed by atoms with van der Waals surface area (Å²) in [6.45, 7) is 0. The average Bonchev–Trinajstić information content (AvgIpc) is 2.27. The first kappa shape index (κ1) is 13.4. The van der Waals surface area contributed by atoms with Gasteiger partial charge in [-0.05, 0) is 15.9 Å². The van der Waals surface area contributed by atoms with Crippen LogP contribution in [0.3, 0.4) is 0 Å². The molecule has 7 heteroatoms. The Morgan fingerprint density at radius 2 is 1.94 bits per heavy atom. The van der Waals surface area contributed by atoms with Crippen LogP contribution in [0.1, 0.15) is 10.4 Å². The Morgan fingerprint density at radius 1 is 1.35 bits per heavy atom. The number of aliphatic carboxylic acids is 1. The van der Waals surface area contributed by atoms with E-state index in [1.165, 1.54) is 14.2 Å². The number of ether oxygens (including phenoxy) is 2. The normalized spacial score (nSPS) is 9.88. The first-order valence-corrected chi connectivity index (χ1v) is 5.10. The summed E-state index contributed by atoms with van der Waals surface area (Å²) in [7, 11) is 2.58. The van der Waals surface area contributed by atoms with Crippen LogP contribution in [0.2, 0.25) is 0 Å². The van der Waals surface area contributed by atoms with Crippen molar-refractivity contribution in [3.63, 3.8) is 0 Å². The van der Waals surface area contributed by atoms with E-state index < -0.39 is 23.1 Å². The van der Waals surface area contributed by atoms with Crippen LogP contribution in [-0.2, 0) is 4.79 Å². The highest BCUT2D eigenvalue weighted by Crippen LogP contribution is 2.39. The number of carbonyl (C=O) groups is 2. The number of benzene rings is 1. The molecule has 0 bridgehead atoms. The fraction of sp³-hybridized carbons (Fsp3) is 0.200. The lowest BCUT2D eigenvalue weighted by molar-refractivity contribution is -0.131. The molecule has 0 amide bonds. The molecule has 0 aliphatic rings. The van der Waals surface area contributed by atoms with Crippen LogP contribution in [0.5, 0.6) is 11.5 Å². The van der Waals surface area contributed by atoms with Gasteiger partial charge in [-0.25, -0.2) is 9.18 Å². The summed E-state index contributed by atoms with van der Waals surface area (Å²) in [6, 6.07) is 0.889. The molecule has 0 saturated carbocycles. The van der Waals surface area contributed by atoms with E-state index in [0.717, 1.165) is 6.07 Å². The molecule has 0 spiro atoms. The van der Waals surface area contributed by atoms with Gasteiger partial charge in [0.15, 0.2) is 11.5 Å². The molecule has 0 aliphatic heterocycles. The number of halogens is 2. The first-order chi connectivity index (χ1) is 7.93. The highest BCUT2D eigenvalue weighted by atomic mass is 79.9. The molecule has 0 atom stereocenters. The largest absolute Gasteiger partial charge is 0.493 e. The molecule has 0 heterocycles. The van der Waals surface area contributed by atoms with Crippen molar-refractivity contribution in [3.8, 4) is 11.5 Å². The molecule has 17 heavy (non-hydrogen) atoms. The number of carboxylic acid groups (broad SMARTS) is 1. The molecule has 0 saturated heterocycles. The second kappa shape index (κ2) is 5.13. The number of methoxy groups -OCH3 is 2. The lowest BCUT2D eigenvalue weighted by Gasteiger charge is -2.12. The van der Waals surface area contributed by atoms with Crippen LogP contribution in [0.25, 0.3) is 0 Å². The van der Waals surface area contributed by atoms with Crippen LogP contribution in [0, 0.1) is 5.82 Å². The van der Waals surface area contributed by atoms with Crippen molar-refractivity contribution in [2.45, 2.75) is 0 Å². The standard InChI is InChI=1S/C10H8BrFO5/c1-16-5-3-4(12)6(8(13)10(14)15)7(11)9(5)17-2/h3H,1-2H3,(H,14,15). The Hall–Kier alpha value is -1.63. The van der Waals surface area contributed by atoms with E-state index in [-0.39, 0.29) is 16.0 Å². The molecular formula is C10H8BrFO5. The van der Waals surface area contributed by atoms with Crippen molar-refractivity contribution in [2.75, 3.05) is 14.2 Å². The van der Waals surface area contributed by atoms with Gasteiger partial charge in [0.05, 0.1) is 24.3 Å². The smallest absolute Gasteiger partial charge is 0.377 e. The van der Waals surface area contributed by atoms with Gasteiger partial charge < -0.3 is 14.6 Å². The van der Waals surface area contributed by atoms with Crippen LogP contribution in [0.4, 0.5) is 4.39 Å². The Labute approximate surface area is 104 Å². The summed E-state index contributed by atoms with van der Waals surface area (Å²) in [5.74, 6) is -4.01. The van der Waals surface area contributed by atoms with Gasteiger partial charge >= 0.3 is 5.97 Å². The molecule has 0 unspecified atom stereocenters. The number of hydrogen-bond acceptors (Lipinski definition) is 4. The number of hydrogen-bond donors (Lipinski definition) is 1. The van der Waals surface area contributed by atoms with E-state index in [1.807, 2.05) is 0 Å². The zero-order valence-electron chi connectivity index (χ0n) is 8.91. The van der Waals surface area contributed by atoms with Gasteiger partial charge in [0.1, 0.15) is 5.82 Å². The molecule has 0 radical (unpaired) electrons. The molecule has 1 rings (SSSR count). The number of carboxylic acids is 1.